The molecule has 0 atom stereocenters. The Kier molecular flexibility index (Phi) is 3.56. The highest BCUT2D eigenvalue weighted by Gasteiger charge is 2.25. The van der Waals surface area contributed by atoms with Crippen molar-refractivity contribution in [2.24, 2.45) is 5.73 Å². The van der Waals surface area contributed by atoms with Gasteiger partial charge in [0.1, 0.15) is 0 Å². The maximum absolute atomic E-state index is 11.9. The van der Waals surface area contributed by atoms with Gasteiger partial charge >= 0.3 is 0 Å². The van der Waals surface area contributed by atoms with Crippen molar-refractivity contribution in [2.75, 3.05) is 18.4 Å². The van der Waals surface area contributed by atoms with Crippen LogP contribution in [0.2, 0.25) is 0 Å². The monoisotopic (exact) mass is 222 g/mol. The first-order chi connectivity index (χ1) is 7.83. The predicted molar refractivity (Wildman–Crippen MR) is 63.5 cm³/mol. The second kappa shape index (κ2) is 5.12. The minimum absolute atomic E-state index is 0.00208. The third-order valence-corrected chi connectivity index (χ3v) is 2.73. The molecule has 3 N–H and O–H groups in total. The third-order valence-electron chi connectivity index (χ3n) is 2.73. The van der Waals surface area contributed by atoms with E-state index in [9.17, 15) is 4.79 Å². The van der Waals surface area contributed by atoms with E-state index in [0.717, 1.165) is 32.2 Å². The molecule has 0 radical (unpaired) electrons. The van der Waals surface area contributed by atoms with E-state index in [4.69, 9.17) is 5.73 Å². The first-order valence-corrected chi connectivity index (χ1v) is 5.84. The molecule has 2 rings (SSSR count). The van der Waals surface area contributed by atoms with Gasteiger partial charge in [-0.15, -0.1) is 0 Å². The zero-order valence-corrected chi connectivity index (χ0v) is 9.35. The largest absolute Gasteiger partial charge is 0.365 e. The summed E-state index contributed by atoms with van der Waals surface area (Å²) < 4.78 is 1.78. The Hall–Kier alpha value is -1.36. The Bertz CT molecular complexity index is 397. The molecule has 0 unspecified atom stereocenters. The number of anilines is 1. The van der Waals surface area contributed by atoms with Crippen LogP contribution in [-0.2, 0) is 0 Å². The van der Waals surface area contributed by atoms with Crippen molar-refractivity contribution in [3.63, 3.8) is 0 Å². The molecule has 0 saturated heterocycles. The molecule has 1 saturated carbocycles. The third kappa shape index (κ3) is 2.61. The average Bonchev–Trinajstić information content (AvgIpc) is 3.10. The molecule has 0 amide bonds. The molecule has 1 aromatic heterocycles. The average molecular weight is 222 g/mol. The molecule has 88 valence electrons. The van der Waals surface area contributed by atoms with Crippen LogP contribution in [0, 0.1) is 0 Å². The van der Waals surface area contributed by atoms with Crippen molar-refractivity contribution in [1.29, 1.82) is 0 Å². The highest BCUT2D eigenvalue weighted by atomic mass is 16.1. The second-order valence-corrected chi connectivity index (χ2v) is 4.14. The Morgan fingerprint density at radius 1 is 1.50 bits per heavy atom. The maximum atomic E-state index is 11.9. The first-order valence-electron chi connectivity index (χ1n) is 5.84. The summed E-state index contributed by atoms with van der Waals surface area (Å²) in [5.41, 5.74) is 5.40. The van der Waals surface area contributed by atoms with Crippen LogP contribution in [0.4, 0.5) is 5.82 Å². The number of unbranched alkanes of at least 4 members (excludes halogenated alkanes) is 1. The summed E-state index contributed by atoms with van der Waals surface area (Å²) in [6, 6.07) is 0.403. The minimum atomic E-state index is -0.00208. The van der Waals surface area contributed by atoms with Gasteiger partial charge in [0.05, 0.1) is 0 Å². The standard InChI is InChI=1S/C11H18N4O/c12-5-1-2-6-13-10-11(16)15(8-7-14-10)9-3-4-9/h7-9H,1-6,12H2,(H,13,14). The number of nitrogens with zero attached hydrogens (tertiary/aromatic N) is 2. The van der Waals surface area contributed by atoms with E-state index in [-0.39, 0.29) is 5.56 Å². The van der Waals surface area contributed by atoms with Gasteiger partial charge in [-0.25, -0.2) is 4.98 Å². The summed E-state index contributed by atoms with van der Waals surface area (Å²) in [4.78, 5) is 16.0. The van der Waals surface area contributed by atoms with Gasteiger partial charge in [-0.2, -0.15) is 0 Å². The van der Waals surface area contributed by atoms with Gasteiger partial charge in [0, 0.05) is 25.0 Å². The lowest BCUT2D eigenvalue weighted by atomic mass is 10.3. The summed E-state index contributed by atoms with van der Waals surface area (Å²) in [6.07, 6.45) is 7.61. The van der Waals surface area contributed by atoms with Gasteiger partial charge in [0.15, 0.2) is 5.82 Å². The van der Waals surface area contributed by atoms with Gasteiger partial charge in [0.2, 0.25) is 0 Å². The topological polar surface area (TPSA) is 72.9 Å². The van der Waals surface area contributed by atoms with Crippen LogP contribution in [0.15, 0.2) is 17.2 Å². The number of hydrogen-bond acceptors (Lipinski definition) is 4. The van der Waals surface area contributed by atoms with Gasteiger partial charge in [-0.1, -0.05) is 0 Å². The second-order valence-electron chi connectivity index (χ2n) is 4.14. The molecule has 0 spiro atoms. The van der Waals surface area contributed by atoms with Gasteiger partial charge in [-0.05, 0) is 32.2 Å². The summed E-state index contributed by atoms with van der Waals surface area (Å²) in [5.74, 6) is 0.464. The summed E-state index contributed by atoms with van der Waals surface area (Å²) >= 11 is 0. The van der Waals surface area contributed by atoms with E-state index in [1.54, 1.807) is 17.0 Å². The van der Waals surface area contributed by atoms with Gasteiger partial charge in [-0.3, -0.25) is 4.79 Å². The molecule has 16 heavy (non-hydrogen) atoms. The molecule has 0 bridgehead atoms. The minimum Gasteiger partial charge on any atom is -0.365 e. The fourth-order valence-corrected chi connectivity index (χ4v) is 1.66. The van der Waals surface area contributed by atoms with Crippen LogP contribution < -0.4 is 16.6 Å². The van der Waals surface area contributed by atoms with Crippen LogP contribution in [0.3, 0.4) is 0 Å². The Labute approximate surface area is 94.7 Å². The fourth-order valence-electron chi connectivity index (χ4n) is 1.66. The highest BCUT2D eigenvalue weighted by Crippen LogP contribution is 2.33. The van der Waals surface area contributed by atoms with Crippen molar-refractivity contribution >= 4 is 5.82 Å². The van der Waals surface area contributed by atoms with Crippen molar-refractivity contribution < 1.29 is 0 Å². The number of nitrogens with two attached hydrogens (primary N) is 1. The fraction of sp³-hybridized carbons (Fsp3) is 0.636. The lowest BCUT2D eigenvalue weighted by Gasteiger charge is -2.07. The summed E-state index contributed by atoms with van der Waals surface area (Å²) in [7, 11) is 0. The smallest absolute Gasteiger partial charge is 0.293 e. The Morgan fingerprint density at radius 2 is 2.31 bits per heavy atom. The molecular weight excluding hydrogens is 204 g/mol. The molecular formula is C11H18N4O. The molecule has 5 nitrogen and oxygen atoms in total. The quantitative estimate of drug-likeness (QED) is 0.696. The molecule has 0 aliphatic heterocycles. The molecule has 5 heteroatoms. The Balaban J connectivity index is 1.98. The van der Waals surface area contributed by atoms with E-state index in [1.165, 1.54) is 0 Å². The van der Waals surface area contributed by atoms with E-state index < -0.39 is 0 Å². The zero-order chi connectivity index (χ0) is 11.4. The lowest BCUT2D eigenvalue weighted by molar-refractivity contribution is 0.697. The lowest BCUT2D eigenvalue weighted by Crippen LogP contribution is -2.24. The maximum Gasteiger partial charge on any atom is 0.293 e. The van der Waals surface area contributed by atoms with E-state index in [0.29, 0.717) is 18.4 Å². The molecule has 0 aromatic carbocycles. The first kappa shape index (κ1) is 11.1. The van der Waals surface area contributed by atoms with E-state index >= 15 is 0 Å². The van der Waals surface area contributed by atoms with Crippen LogP contribution in [0.5, 0.6) is 0 Å². The number of aromatic nitrogens is 2. The van der Waals surface area contributed by atoms with Crippen molar-refractivity contribution in [1.82, 2.24) is 9.55 Å². The normalized spacial score (nSPS) is 15.1. The van der Waals surface area contributed by atoms with Crippen molar-refractivity contribution in [3.05, 3.63) is 22.7 Å². The van der Waals surface area contributed by atoms with E-state index in [1.807, 2.05) is 0 Å². The number of nitrogens with one attached hydrogen (secondary N) is 1. The van der Waals surface area contributed by atoms with Crippen LogP contribution in [0.1, 0.15) is 31.7 Å². The van der Waals surface area contributed by atoms with Crippen molar-refractivity contribution in [2.45, 2.75) is 31.7 Å². The zero-order valence-electron chi connectivity index (χ0n) is 9.35. The summed E-state index contributed by atoms with van der Waals surface area (Å²) in [6.45, 7) is 1.45. The van der Waals surface area contributed by atoms with Crippen molar-refractivity contribution in [3.8, 4) is 0 Å². The summed E-state index contributed by atoms with van der Waals surface area (Å²) in [5, 5.41) is 3.07. The number of rotatable bonds is 6. The molecule has 1 aromatic rings. The van der Waals surface area contributed by atoms with Crippen LogP contribution in [0.25, 0.3) is 0 Å². The predicted octanol–water partition coefficient (Wildman–Crippen LogP) is 0.729. The Morgan fingerprint density at radius 3 is 3.00 bits per heavy atom. The number of hydrogen-bond donors (Lipinski definition) is 2. The van der Waals surface area contributed by atoms with Crippen LogP contribution in [-0.4, -0.2) is 22.6 Å². The molecule has 1 aliphatic rings. The van der Waals surface area contributed by atoms with Gasteiger partial charge < -0.3 is 15.6 Å². The highest BCUT2D eigenvalue weighted by molar-refractivity contribution is 5.30. The SMILES string of the molecule is NCCCCNc1nccn(C2CC2)c1=O. The van der Waals surface area contributed by atoms with Gasteiger partial charge in [0.25, 0.3) is 5.56 Å². The van der Waals surface area contributed by atoms with Crippen LogP contribution >= 0.6 is 0 Å². The molecule has 1 heterocycles. The molecule has 1 aliphatic carbocycles. The molecule has 1 fully saturated rings. The van der Waals surface area contributed by atoms with E-state index in [2.05, 4.69) is 10.3 Å².